The van der Waals surface area contributed by atoms with Crippen molar-refractivity contribution < 1.29 is 4.39 Å². The van der Waals surface area contributed by atoms with E-state index in [4.69, 9.17) is 5.26 Å². The normalized spacial score (nSPS) is 14.8. The molecule has 0 heterocycles. The molecule has 0 saturated carbocycles. The lowest BCUT2D eigenvalue weighted by Crippen LogP contribution is -2.06. The quantitative estimate of drug-likeness (QED) is 0.812. The first-order valence-corrected chi connectivity index (χ1v) is 6.41. The molecule has 1 aromatic rings. The second-order valence-electron chi connectivity index (χ2n) is 4.59. The highest BCUT2D eigenvalue weighted by atomic mass is 19.1. The van der Waals surface area contributed by atoms with Crippen LogP contribution in [0.15, 0.2) is 29.8 Å². The summed E-state index contributed by atoms with van der Waals surface area (Å²) in [4.78, 5) is 0. The maximum Gasteiger partial charge on any atom is 0.147 e. The molecule has 0 atom stereocenters. The van der Waals surface area contributed by atoms with E-state index in [-0.39, 0.29) is 5.82 Å². The molecule has 2 rings (SSSR count). The van der Waals surface area contributed by atoms with Gasteiger partial charge in [0, 0.05) is 6.54 Å². The largest absolute Gasteiger partial charge is 0.382 e. The van der Waals surface area contributed by atoms with Crippen molar-refractivity contribution in [3.05, 3.63) is 41.2 Å². The number of nitrogens with one attached hydrogen (secondary N) is 1. The summed E-state index contributed by atoms with van der Waals surface area (Å²) in [6.45, 7) is 0.745. The zero-order chi connectivity index (χ0) is 12.8. The predicted octanol–water partition coefficient (Wildman–Crippen LogP) is 4.00. The van der Waals surface area contributed by atoms with Gasteiger partial charge in [-0.25, -0.2) is 4.39 Å². The lowest BCUT2D eigenvalue weighted by Gasteiger charge is -2.13. The number of halogens is 1. The zero-order valence-electron chi connectivity index (χ0n) is 10.4. The Morgan fingerprint density at radius 3 is 2.89 bits per heavy atom. The van der Waals surface area contributed by atoms with Crippen molar-refractivity contribution in [3.63, 3.8) is 0 Å². The number of hydrogen-bond acceptors (Lipinski definition) is 2. The number of nitriles is 1. The summed E-state index contributed by atoms with van der Waals surface area (Å²) in [6, 6.07) is 6.45. The molecular formula is C15H17FN2. The molecule has 3 heteroatoms. The lowest BCUT2D eigenvalue weighted by molar-refractivity contribution is 0.628. The van der Waals surface area contributed by atoms with Crippen molar-refractivity contribution >= 4 is 5.69 Å². The highest BCUT2D eigenvalue weighted by Gasteiger charge is 2.05. The first-order chi connectivity index (χ1) is 8.79. The van der Waals surface area contributed by atoms with Crippen LogP contribution in [0, 0.1) is 17.1 Å². The zero-order valence-corrected chi connectivity index (χ0v) is 10.4. The van der Waals surface area contributed by atoms with Gasteiger partial charge in [0.1, 0.15) is 5.82 Å². The third-order valence-corrected chi connectivity index (χ3v) is 3.24. The molecule has 94 valence electrons. The highest BCUT2D eigenvalue weighted by molar-refractivity contribution is 5.48. The van der Waals surface area contributed by atoms with Gasteiger partial charge in [0.05, 0.1) is 17.3 Å². The van der Waals surface area contributed by atoms with Crippen molar-refractivity contribution in [2.75, 3.05) is 11.9 Å². The second-order valence-corrected chi connectivity index (χ2v) is 4.59. The van der Waals surface area contributed by atoms with E-state index in [9.17, 15) is 4.39 Å². The molecule has 0 spiro atoms. The van der Waals surface area contributed by atoms with Crippen molar-refractivity contribution in [1.29, 1.82) is 5.26 Å². The number of rotatable bonds is 4. The number of hydrogen-bond donors (Lipinski definition) is 1. The standard InChI is InChI=1S/C15H17FN2/c16-14-10-13(11-17)6-7-15(14)18-9-8-12-4-2-1-3-5-12/h4,6-7,10,18H,1-3,5,8-9H2. The first kappa shape index (κ1) is 12.6. The van der Waals surface area contributed by atoms with Gasteiger partial charge >= 0.3 is 0 Å². The minimum Gasteiger partial charge on any atom is -0.382 e. The molecule has 0 aromatic heterocycles. The van der Waals surface area contributed by atoms with Gasteiger partial charge in [-0.3, -0.25) is 0 Å². The molecule has 0 unspecified atom stereocenters. The smallest absolute Gasteiger partial charge is 0.147 e. The van der Waals surface area contributed by atoms with Crippen LogP contribution in [0.3, 0.4) is 0 Å². The van der Waals surface area contributed by atoms with Gasteiger partial charge in [-0.1, -0.05) is 11.6 Å². The van der Waals surface area contributed by atoms with E-state index in [1.165, 1.54) is 37.3 Å². The van der Waals surface area contributed by atoms with Crippen LogP contribution in [0.2, 0.25) is 0 Å². The van der Waals surface area contributed by atoms with Crippen LogP contribution in [-0.4, -0.2) is 6.54 Å². The molecule has 0 bridgehead atoms. The van der Waals surface area contributed by atoms with E-state index < -0.39 is 0 Å². The summed E-state index contributed by atoms with van der Waals surface area (Å²) < 4.78 is 13.6. The lowest BCUT2D eigenvalue weighted by atomic mass is 9.97. The minimum atomic E-state index is -0.355. The Balaban J connectivity index is 1.87. The van der Waals surface area contributed by atoms with E-state index in [0.717, 1.165) is 13.0 Å². The summed E-state index contributed by atoms with van der Waals surface area (Å²) in [5.41, 5.74) is 2.31. The molecule has 2 nitrogen and oxygen atoms in total. The van der Waals surface area contributed by atoms with Crippen molar-refractivity contribution in [1.82, 2.24) is 0 Å². The van der Waals surface area contributed by atoms with Gasteiger partial charge in [0.25, 0.3) is 0 Å². The fraction of sp³-hybridized carbons (Fsp3) is 0.400. The van der Waals surface area contributed by atoms with E-state index in [2.05, 4.69) is 11.4 Å². The van der Waals surface area contributed by atoms with Crippen LogP contribution in [0.4, 0.5) is 10.1 Å². The SMILES string of the molecule is N#Cc1ccc(NCCC2=CCCCC2)c(F)c1. The monoisotopic (exact) mass is 244 g/mol. The molecule has 1 aliphatic rings. The molecule has 0 amide bonds. The van der Waals surface area contributed by atoms with Gasteiger partial charge in [0.2, 0.25) is 0 Å². The van der Waals surface area contributed by atoms with Gasteiger partial charge in [-0.05, 0) is 50.3 Å². The fourth-order valence-electron chi connectivity index (χ4n) is 2.22. The van der Waals surface area contributed by atoms with E-state index in [0.29, 0.717) is 11.3 Å². The average molecular weight is 244 g/mol. The van der Waals surface area contributed by atoms with Crippen LogP contribution in [0.25, 0.3) is 0 Å². The van der Waals surface area contributed by atoms with Crippen molar-refractivity contribution in [3.8, 4) is 6.07 Å². The molecular weight excluding hydrogens is 227 g/mol. The van der Waals surface area contributed by atoms with Gasteiger partial charge in [-0.15, -0.1) is 0 Å². The summed E-state index contributed by atoms with van der Waals surface area (Å²) in [5, 5.41) is 11.7. The molecule has 18 heavy (non-hydrogen) atoms. The number of nitrogens with zero attached hydrogens (tertiary/aromatic N) is 1. The maximum absolute atomic E-state index is 13.6. The number of allylic oxidation sites excluding steroid dienone is 1. The molecule has 1 aromatic carbocycles. The van der Waals surface area contributed by atoms with Crippen LogP contribution >= 0.6 is 0 Å². The highest BCUT2D eigenvalue weighted by Crippen LogP contribution is 2.21. The number of anilines is 1. The Labute approximate surface area is 107 Å². The minimum absolute atomic E-state index is 0.355. The van der Waals surface area contributed by atoms with Crippen molar-refractivity contribution in [2.24, 2.45) is 0 Å². The van der Waals surface area contributed by atoms with E-state index in [1.807, 2.05) is 6.07 Å². The Morgan fingerprint density at radius 2 is 2.22 bits per heavy atom. The van der Waals surface area contributed by atoms with Gasteiger partial charge in [-0.2, -0.15) is 5.26 Å². The summed E-state index contributed by atoms with van der Waals surface area (Å²) in [7, 11) is 0. The van der Waals surface area contributed by atoms with Gasteiger partial charge < -0.3 is 5.32 Å². The van der Waals surface area contributed by atoms with Crippen molar-refractivity contribution in [2.45, 2.75) is 32.1 Å². The molecule has 0 aliphatic heterocycles. The summed E-state index contributed by atoms with van der Waals surface area (Å²) in [5.74, 6) is -0.355. The van der Waals surface area contributed by atoms with E-state index in [1.54, 1.807) is 12.1 Å². The fourth-order valence-corrected chi connectivity index (χ4v) is 2.22. The first-order valence-electron chi connectivity index (χ1n) is 6.41. The average Bonchev–Trinajstić information content (AvgIpc) is 2.42. The van der Waals surface area contributed by atoms with Crippen LogP contribution in [0.5, 0.6) is 0 Å². The molecule has 0 fully saturated rings. The summed E-state index contributed by atoms with van der Waals surface area (Å²) >= 11 is 0. The predicted molar refractivity (Wildman–Crippen MR) is 70.8 cm³/mol. The van der Waals surface area contributed by atoms with E-state index >= 15 is 0 Å². The third kappa shape index (κ3) is 3.33. The van der Waals surface area contributed by atoms with Crippen LogP contribution < -0.4 is 5.32 Å². The topological polar surface area (TPSA) is 35.8 Å². The molecule has 0 saturated heterocycles. The maximum atomic E-state index is 13.6. The van der Waals surface area contributed by atoms with Crippen LogP contribution in [-0.2, 0) is 0 Å². The third-order valence-electron chi connectivity index (χ3n) is 3.24. The summed E-state index contributed by atoms with van der Waals surface area (Å²) in [6.07, 6.45) is 8.20. The van der Waals surface area contributed by atoms with Crippen LogP contribution in [0.1, 0.15) is 37.7 Å². The molecule has 0 radical (unpaired) electrons. The number of benzene rings is 1. The van der Waals surface area contributed by atoms with Gasteiger partial charge in [0.15, 0.2) is 0 Å². The molecule has 1 N–H and O–H groups in total. The molecule has 1 aliphatic carbocycles. The Morgan fingerprint density at radius 1 is 1.33 bits per heavy atom. The Bertz CT molecular complexity index is 486. The second kappa shape index (κ2) is 6.20. The Kier molecular flexibility index (Phi) is 4.35. The Hall–Kier alpha value is -1.82.